The third-order valence-corrected chi connectivity index (χ3v) is 13.6. The number of rotatable bonds is 7. The Morgan fingerprint density at radius 3 is 2.26 bits per heavy atom. The Labute approximate surface area is 236 Å². The Bertz CT molecular complexity index is 1010. The summed E-state index contributed by atoms with van der Waals surface area (Å²) < 4.78 is 18.5. The molecule has 1 saturated heterocycles. The summed E-state index contributed by atoms with van der Waals surface area (Å²) in [6.07, 6.45) is 10.5. The van der Waals surface area contributed by atoms with E-state index in [0.717, 1.165) is 64.2 Å². The molecule has 222 valence electrons. The Kier molecular flexibility index (Phi) is 6.72. The number of hydrogen-bond acceptors (Lipinski definition) is 6. The highest BCUT2D eigenvalue weighted by molar-refractivity contribution is 5.73. The molecule has 0 aromatic carbocycles. The zero-order valence-corrected chi connectivity index (χ0v) is 26.1. The van der Waals surface area contributed by atoms with Crippen molar-refractivity contribution < 1.29 is 28.9 Å². The van der Waals surface area contributed by atoms with Gasteiger partial charge in [-0.3, -0.25) is 9.59 Å². The largest absolute Gasteiger partial charge is 0.469 e. The van der Waals surface area contributed by atoms with E-state index in [1.807, 2.05) is 13.8 Å². The van der Waals surface area contributed by atoms with Crippen LogP contribution < -0.4 is 0 Å². The molecule has 0 amide bonds. The first-order valence-electron chi connectivity index (χ1n) is 15.6. The highest BCUT2D eigenvalue weighted by Crippen LogP contribution is 2.86. The Morgan fingerprint density at radius 1 is 0.949 bits per heavy atom. The molecule has 0 aromatic rings. The molecule has 0 bridgehead atoms. The zero-order chi connectivity index (χ0) is 28.9. The second kappa shape index (κ2) is 8.93. The molecule has 1 heterocycles. The number of aliphatic hydroxyl groups is 1. The maximum atomic E-state index is 13.2. The van der Waals surface area contributed by atoms with Gasteiger partial charge >= 0.3 is 11.9 Å². The first-order valence-corrected chi connectivity index (χ1v) is 15.6. The van der Waals surface area contributed by atoms with Crippen LogP contribution in [0.5, 0.6) is 0 Å². The molecule has 4 aliphatic carbocycles. The summed E-state index contributed by atoms with van der Waals surface area (Å²) in [4.78, 5) is 25.1. The SMILES string of the molecule is COC(=O)[C@H](CCCC(C)(C)O)[C@H]1CC[C@@]2(C)[C@@]34CCC5C(C)(C)[C@@H](OC(C)=O)CC[C@]5(C)[C@]3(CC[C@]12C)O4. The van der Waals surface area contributed by atoms with Crippen molar-refractivity contribution in [2.75, 3.05) is 7.11 Å². The van der Waals surface area contributed by atoms with E-state index in [0.29, 0.717) is 12.3 Å². The van der Waals surface area contributed by atoms with E-state index in [1.54, 1.807) is 0 Å². The van der Waals surface area contributed by atoms with Gasteiger partial charge in [-0.15, -0.1) is 0 Å². The van der Waals surface area contributed by atoms with Crippen LogP contribution in [0, 0.1) is 39.4 Å². The molecule has 6 nitrogen and oxygen atoms in total. The van der Waals surface area contributed by atoms with Gasteiger partial charge in [0.1, 0.15) is 17.3 Å². The van der Waals surface area contributed by atoms with Gasteiger partial charge in [-0.05, 0) is 102 Å². The van der Waals surface area contributed by atoms with E-state index in [2.05, 4.69) is 34.6 Å². The lowest BCUT2D eigenvalue weighted by molar-refractivity contribution is -0.184. The number of hydrogen-bond donors (Lipinski definition) is 1. The summed E-state index contributed by atoms with van der Waals surface area (Å²) in [7, 11) is 1.52. The maximum absolute atomic E-state index is 13.2. The normalized spacial score (nSPS) is 46.7. The quantitative estimate of drug-likeness (QED) is 0.286. The summed E-state index contributed by atoms with van der Waals surface area (Å²) in [5, 5.41) is 10.3. The second-order valence-corrected chi connectivity index (χ2v) is 16.0. The molecule has 39 heavy (non-hydrogen) atoms. The Morgan fingerprint density at radius 2 is 1.64 bits per heavy atom. The van der Waals surface area contributed by atoms with Crippen molar-refractivity contribution >= 4 is 11.9 Å². The monoisotopic (exact) mass is 546 g/mol. The minimum absolute atomic E-state index is 0.00368. The topological polar surface area (TPSA) is 85.4 Å². The van der Waals surface area contributed by atoms with E-state index < -0.39 is 5.60 Å². The fraction of sp³-hybridized carbons (Fsp3) is 0.939. The molecule has 1 N–H and O–H groups in total. The highest BCUT2D eigenvalue weighted by atomic mass is 16.6. The fourth-order valence-electron chi connectivity index (χ4n) is 11.5. The van der Waals surface area contributed by atoms with E-state index in [-0.39, 0.29) is 62.7 Å². The molecular formula is C33H54O6. The van der Waals surface area contributed by atoms with Gasteiger partial charge < -0.3 is 19.3 Å². The molecule has 0 spiro atoms. The van der Waals surface area contributed by atoms with Crippen molar-refractivity contribution in [2.24, 2.45) is 39.4 Å². The summed E-state index contributed by atoms with van der Waals surface area (Å²) in [6, 6.07) is 0. The zero-order valence-electron chi connectivity index (χ0n) is 26.1. The van der Waals surface area contributed by atoms with Crippen molar-refractivity contribution in [3.63, 3.8) is 0 Å². The van der Waals surface area contributed by atoms with Crippen LogP contribution in [0.25, 0.3) is 0 Å². The van der Waals surface area contributed by atoms with Crippen molar-refractivity contribution in [1.82, 2.24) is 0 Å². The number of fused-ring (bicyclic) bond motifs is 2. The van der Waals surface area contributed by atoms with E-state index in [4.69, 9.17) is 14.2 Å². The van der Waals surface area contributed by atoms with Crippen LogP contribution >= 0.6 is 0 Å². The standard InChI is InChI=1S/C33H54O6/c1-21(34)38-25-14-16-30(7)24(28(25,4)5)13-18-33-31(8)17-12-23(29(31,6)19-20-32(30,33)39-33)22(26(35)37-9)11-10-15-27(2,3)36/h22-25,36H,10-20H2,1-9H3/t22-,23-,24?,25+,29-,30+,31-,32+,33+/m1/s1. The lowest BCUT2D eigenvalue weighted by atomic mass is 9.38. The number of carbonyl (C=O) groups excluding carboxylic acids is 2. The maximum Gasteiger partial charge on any atom is 0.308 e. The van der Waals surface area contributed by atoms with Crippen LogP contribution in [0.3, 0.4) is 0 Å². The second-order valence-electron chi connectivity index (χ2n) is 16.0. The van der Waals surface area contributed by atoms with Gasteiger partial charge in [0.15, 0.2) is 0 Å². The molecule has 6 heteroatoms. The van der Waals surface area contributed by atoms with Gasteiger partial charge in [0.05, 0.1) is 18.6 Å². The Balaban J connectivity index is 1.44. The van der Waals surface area contributed by atoms with Gasteiger partial charge in [0.25, 0.3) is 0 Å². The van der Waals surface area contributed by atoms with Gasteiger partial charge in [0, 0.05) is 23.2 Å². The van der Waals surface area contributed by atoms with Crippen LogP contribution in [-0.4, -0.2) is 47.1 Å². The molecular weight excluding hydrogens is 492 g/mol. The van der Waals surface area contributed by atoms with Crippen LogP contribution in [-0.2, 0) is 23.8 Å². The smallest absolute Gasteiger partial charge is 0.308 e. The van der Waals surface area contributed by atoms with Gasteiger partial charge in [-0.2, -0.15) is 0 Å². The van der Waals surface area contributed by atoms with Crippen molar-refractivity contribution in [3.05, 3.63) is 0 Å². The number of epoxide rings is 1. The molecule has 9 atom stereocenters. The van der Waals surface area contributed by atoms with Crippen LogP contribution in [0.2, 0.25) is 0 Å². The number of carbonyl (C=O) groups is 2. The van der Waals surface area contributed by atoms with Crippen molar-refractivity contribution in [3.8, 4) is 0 Å². The molecule has 4 saturated carbocycles. The summed E-state index contributed by atoms with van der Waals surface area (Å²) in [5.74, 6) is 0.289. The molecule has 0 radical (unpaired) electrons. The summed E-state index contributed by atoms with van der Waals surface area (Å²) in [5.41, 5.74) is -1.07. The van der Waals surface area contributed by atoms with Gasteiger partial charge in [-0.25, -0.2) is 0 Å². The number of ether oxygens (including phenoxy) is 3. The minimum atomic E-state index is -0.726. The predicted molar refractivity (Wildman–Crippen MR) is 150 cm³/mol. The average molecular weight is 547 g/mol. The van der Waals surface area contributed by atoms with Gasteiger partial charge in [0.2, 0.25) is 0 Å². The molecule has 5 rings (SSSR count). The predicted octanol–water partition coefficient (Wildman–Crippen LogP) is 6.61. The van der Waals surface area contributed by atoms with Gasteiger partial charge in [-0.1, -0.05) is 34.6 Å². The molecule has 0 aromatic heterocycles. The third kappa shape index (κ3) is 3.78. The van der Waals surface area contributed by atoms with Crippen LogP contribution in [0.1, 0.15) is 126 Å². The highest BCUT2D eigenvalue weighted by Gasteiger charge is 2.90. The number of esters is 2. The number of methoxy groups -OCH3 is 1. The van der Waals surface area contributed by atoms with Crippen molar-refractivity contribution in [2.45, 2.75) is 149 Å². The minimum Gasteiger partial charge on any atom is -0.469 e. The molecule has 5 fully saturated rings. The van der Waals surface area contributed by atoms with Crippen molar-refractivity contribution in [1.29, 1.82) is 0 Å². The van der Waals surface area contributed by atoms with Crippen LogP contribution in [0.4, 0.5) is 0 Å². The lowest BCUT2D eigenvalue weighted by Gasteiger charge is -2.64. The van der Waals surface area contributed by atoms with Crippen LogP contribution in [0.15, 0.2) is 0 Å². The fourth-order valence-corrected chi connectivity index (χ4v) is 11.5. The summed E-state index contributed by atoms with van der Waals surface area (Å²) in [6.45, 7) is 17.3. The van der Waals surface area contributed by atoms with E-state index >= 15 is 0 Å². The Hall–Kier alpha value is -1.14. The van der Waals surface area contributed by atoms with E-state index in [1.165, 1.54) is 14.0 Å². The summed E-state index contributed by atoms with van der Waals surface area (Å²) >= 11 is 0. The van der Waals surface area contributed by atoms with E-state index in [9.17, 15) is 14.7 Å². The molecule has 1 unspecified atom stereocenters. The lowest BCUT2D eigenvalue weighted by Crippen LogP contribution is -2.66. The first-order chi connectivity index (χ1) is 17.9. The third-order valence-electron chi connectivity index (χ3n) is 13.6. The molecule has 1 aliphatic heterocycles. The average Bonchev–Trinajstić information content (AvgIpc) is 3.47. The first kappa shape index (κ1) is 29.4. The molecule has 5 aliphatic rings.